The van der Waals surface area contributed by atoms with Crippen LogP contribution < -0.4 is 10.1 Å². The highest BCUT2D eigenvalue weighted by molar-refractivity contribution is 5.70. The fraction of sp³-hybridized carbons (Fsp3) is 0.333. The minimum atomic E-state index is -0.405. The summed E-state index contributed by atoms with van der Waals surface area (Å²) in [7, 11) is 3.24. The maximum absolute atomic E-state index is 14.4. The van der Waals surface area contributed by atoms with Crippen molar-refractivity contribution in [2.45, 2.75) is 19.8 Å². The van der Waals surface area contributed by atoms with E-state index in [0.29, 0.717) is 17.1 Å². The van der Waals surface area contributed by atoms with Crippen LogP contribution in [0.5, 0.6) is 5.75 Å². The van der Waals surface area contributed by atoms with E-state index in [4.69, 9.17) is 4.74 Å². The van der Waals surface area contributed by atoms with Gasteiger partial charge in [0.15, 0.2) is 11.6 Å². The Hall–Kier alpha value is -2.17. The molecule has 0 unspecified atom stereocenters. The molecule has 1 aromatic carbocycles. The molecular weight excluding hydrogens is 257 g/mol. The number of halogens is 1. The number of ether oxygens (including phenoxy) is 1. The smallest absolute Gasteiger partial charge is 0.174 e. The standard InChI is InChI=1S/C15H18FN3O/c1-9(2)12-14(18-8-19-15(12)17-3)10-6-5-7-11(20-4)13(10)16/h5-9H,1-4H3,(H,17,18,19). The Balaban J connectivity index is 2.70. The first-order chi connectivity index (χ1) is 9.60. The molecule has 0 bridgehead atoms. The molecule has 106 valence electrons. The first-order valence-corrected chi connectivity index (χ1v) is 6.45. The Morgan fingerprint density at radius 2 is 2.00 bits per heavy atom. The molecule has 5 heteroatoms. The maximum atomic E-state index is 14.4. The highest BCUT2D eigenvalue weighted by Crippen LogP contribution is 2.35. The van der Waals surface area contributed by atoms with Gasteiger partial charge in [0, 0.05) is 18.2 Å². The van der Waals surface area contributed by atoms with Crippen molar-refractivity contribution in [1.29, 1.82) is 0 Å². The zero-order valence-electron chi connectivity index (χ0n) is 12.1. The van der Waals surface area contributed by atoms with E-state index in [2.05, 4.69) is 15.3 Å². The number of benzene rings is 1. The van der Waals surface area contributed by atoms with E-state index < -0.39 is 5.82 Å². The van der Waals surface area contributed by atoms with Gasteiger partial charge in [-0.2, -0.15) is 0 Å². The lowest BCUT2D eigenvalue weighted by Crippen LogP contribution is -2.05. The van der Waals surface area contributed by atoms with Crippen LogP contribution in [0.25, 0.3) is 11.3 Å². The third kappa shape index (κ3) is 2.43. The SMILES string of the molecule is CNc1ncnc(-c2cccc(OC)c2F)c1C(C)C. The van der Waals surface area contributed by atoms with Crippen molar-refractivity contribution in [2.75, 3.05) is 19.5 Å². The molecule has 1 N–H and O–H groups in total. The summed E-state index contributed by atoms with van der Waals surface area (Å²) >= 11 is 0. The van der Waals surface area contributed by atoms with Crippen molar-refractivity contribution in [1.82, 2.24) is 9.97 Å². The summed E-state index contributed by atoms with van der Waals surface area (Å²) in [6.45, 7) is 4.06. The third-order valence-electron chi connectivity index (χ3n) is 3.14. The molecule has 2 aromatic rings. The molecule has 0 aliphatic rings. The minimum Gasteiger partial charge on any atom is -0.494 e. The van der Waals surface area contributed by atoms with Crippen LogP contribution in [0.15, 0.2) is 24.5 Å². The molecule has 0 amide bonds. The fourth-order valence-electron chi connectivity index (χ4n) is 2.21. The van der Waals surface area contributed by atoms with Crippen LogP contribution in [-0.4, -0.2) is 24.1 Å². The molecule has 0 saturated carbocycles. The largest absolute Gasteiger partial charge is 0.494 e. The van der Waals surface area contributed by atoms with Gasteiger partial charge in [0.05, 0.1) is 12.8 Å². The lowest BCUT2D eigenvalue weighted by molar-refractivity contribution is 0.387. The highest BCUT2D eigenvalue weighted by Gasteiger charge is 2.19. The number of anilines is 1. The monoisotopic (exact) mass is 275 g/mol. The molecule has 0 aliphatic heterocycles. The molecule has 0 aliphatic carbocycles. The third-order valence-corrected chi connectivity index (χ3v) is 3.14. The van der Waals surface area contributed by atoms with Gasteiger partial charge in [-0.3, -0.25) is 0 Å². The van der Waals surface area contributed by atoms with Gasteiger partial charge < -0.3 is 10.1 Å². The van der Waals surface area contributed by atoms with Gasteiger partial charge >= 0.3 is 0 Å². The lowest BCUT2D eigenvalue weighted by atomic mass is 9.97. The van der Waals surface area contributed by atoms with Crippen LogP contribution >= 0.6 is 0 Å². The first kappa shape index (κ1) is 14.2. The average Bonchev–Trinajstić information content (AvgIpc) is 2.46. The number of aromatic nitrogens is 2. The van der Waals surface area contributed by atoms with Crippen molar-refractivity contribution < 1.29 is 9.13 Å². The molecule has 0 fully saturated rings. The van der Waals surface area contributed by atoms with Crippen molar-refractivity contribution in [3.8, 4) is 17.0 Å². The van der Waals surface area contributed by atoms with E-state index in [1.165, 1.54) is 13.4 Å². The van der Waals surface area contributed by atoms with Gasteiger partial charge in [0.25, 0.3) is 0 Å². The predicted octanol–water partition coefficient (Wildman–Crippen LogP) is 3.46. The van der Waals surface area contributed by atoms with Crippen LogP contribution in [0.3, 0.4) is 0 Å². The molecule has 1 aromatic heterocycles. The van der Waals surface area contributed by atoms with Gasteiger partial charge in [-0.25, -0.2) is 14.4 Å². The normalized spacial score (nSPS) is 10.7. The predicted molar refractivity (Wildman–Crippen MR) is 77.6 cm³/mol. The summed E-state index contributed by atoms with van der Waals surface area (Å²) in [5.74, 6) is 0.686. The summed E-state index contributed by atoms with van der Waals surface area (Å²) in [6.07, 6.45) is 1.44. The number of hydrogen-bond acceptors (Lipinski definition) is 4. The van der Waals surface area contributed by atoms with Crippen molar-refractivity contribution in [3.05, 3.63) is 35.9 Å². The highest BCUT2D eigenvalue weighted by atomic mass is 19.1. The van der Waals surface area contributed by atoms with Crippen molar-refractivity contribution in [3.63, 3.8) is 0 Å². The Morgan fingerprint density at radius 3 is 2.60 bits per heavy atom. The van der Waals surface area contributed by atoms with Gasteiger partial charge in [-0.05, 0) is 18.1 Å². The second kappa shape index (κ2) is 5.86. The van der Waals surface area contributed by atoms with Crippen LogP contribution in [0.2, 0.25) is 0 Å². The molecule has 1 heterocycles. The van der Waals surface area contributed by atoms with Crippen LogP contribution in [-0.2, 0) is 0 Å². The zero-order chi connectivity index (χ0) is 14.7. The van der Waals surface area contributed by atoms with Gasteiger partial charge in [-0.1, -0.05) is 19.9 Å². The summed E-state index contributed by atoms with van der Waals surface area (Å²) in [5.41, 5.74) is 1.91. The summed E-state index contributed by atoms with van der Waals surface area (Å²) in [6, 6.07) is 5.04. The Kier molecular flexibility index (Phi) is 4.17. The molecular formula is C15H18FN3O. The molecule has 0 atom stereocenters. The van der Waals surface area contributed by atoms with E-state index in [1.54, 1.807) is 25.2 Å². The van der Waals surface area contributed by atoms with E-state index in [0.717, 1.165) is 5.56 Å². The molecule has 20 heavy (non-hydrogen) atoms. The van der Waals surface area contributed by atoms with Gasteiger partial charge in [-0.15, -0.1) is 0 Å². The number of nitrogens with zero attached hydrogens (tertiary/aromatic N) is 2. The van der Waals surface area contributed by atoms with E-state index >= 15 is 0 Å². The maximum Gasteiger partial charge on any atom is 0.174 e. The van der Waals surface area contributed by atoms with E-state index in [9.17, 15) is 4.39 Å². The number of nitrogens with one attached hydrogen (secondary N) is 1. The molecule has 0 saturated heterocycles. The average molecular weight is 275 g/mol. The van der Waals surface area contributed by atoms with Crippen LogP contribution in [0.1, 0.15) is 25.3 Å². The number of rotatable bonds is 4. The van der Waals surface area contributed by atoms with E-state index in [-0.39, 0.29) is 11.7 Å². The Labute approximate surface area is 118 Å². The fourth-order valence-corrected chi connectivity index (χ4v) is 2.21. The number of hydrogen-bond donors (Lipinski definition) is 1. The van der Waals surface area contributed by atoms with Crippen molar-refractivity contribution in [2.24, 2.45) is 0 Å². The van der Waals surface area contributed by atoms with Crippen LogP contribution in [0, 0.1) is 5.82 Å². The summed E-state index contributed by atoms with van der Waals surface area (Å²) < 4.78 is 19.5. The molecule has 0 radical (unpaired) electrons. The second-order valence-electron chi connectivity index (χ2n) is 4.71. The van der Waals surface area contributed by atoms with Crippen molar-refractivity contribution >= 4 is 5.82 Å². The molecule has 0 spiro atoms. The van der Waals surface area contributed by atoms with Gasteiger partial charge in [0.1, 0.15) is 12.1 Å². The lowest BCUT2D eigenvalue weighted by Gasteiger charge is -2.16. The second-order valence-corrected chi connectivity index (χ2v) is 4.71. The topological polar surface area (TPSA) is 47.0 Å². The molecule has 4 nitrogen and oxygen atoms in total. The first-order valence-electron chi connectivity index (χ1n) is 6.45. The minimum absolute atomic E-state index is 0.166. The van der Waals surface area contributed by atoms with E-state index in [1.807, 2.05) is 13.8 Å². The quantitative estimate of drug-likeness (QED) is 0.928. The van der Waals surface area contributed by atoms with Crippen LogP contribution in [0.4, 0.5) is 10.2 Å². The number of methoxy groups -OCH3 is 1. The summed E-state index contributed by atoms with van der Waals surface area (Å²) in [5, 5.41) is 3.03. The van der Waals surface area contributed by atoms with Gasteiger partial charge in [0.2, 0.25) is 0 Å². The Morgan fingerprint density at radius 1 is 1.25 bits per heavy atom. The Bertz CT molecular complexity index is 614. The molecule has 2 rings (SSSR count). The summed E-state index contributed by atoms with van der Waals surface area (Å²) in [4.78, 5) is 8.47. The zero-order valence-corrected chi connectivity index (χ0v) is 12.1.